The van der Waals surface area contributed by atoms with Gasteiger partial charge in [-0.25, -0.2) is 4.79 Å². The number of allylic oxidation sites excluding steroid dienone is 1. The van der Waals surface area contributed by atoms with Crippen molar-refractivity contribution in [2.75, 3.05) is 0 Å². The Labute approximate surface area is 200 Å². The van der Waals surface area contributed by atoms with Gasteiger partial charge in [-0.05, 0) is 70.1 Å². The van der Waals surface area contributed by atoms with E-state index in [0.717, 1.165) is 44.9 Å². The molecule has 1 fully saturated rings. The lowest BCUT2D eigenvalue weighted by atomic mass is 9.92. The molecule has 0 saturated heterocycles. The highest BCUT2D eigenvalue weighted by atomic mass is 19.3. The van der Waals surface area contributed by atoms with E-state index in [2.05, 4.69) is 16.6 Å². The molecule has 0 spiro atoms. The molecule has 1 aromatic carbocycles. The van der Waals surface area contributed by atoms with E-state index in [-0.39, 0.29) is 28.7 Å². The first kappa shape index (κ1) is 27.5. The number of nitrogens with one attached hydrogen (secondary N) is 1. The van der Waals surface area contributed by atoms with Crippen LogP contribution < -0.4 is 20.5 Å². The van der Waals surface area contributed by atoms with Crippen LogP contribution >= 0.6 is 0 Å². The molecule has 2 unspecified atom stereocenters. The molecule has 1 saturated carbocycles. The van der Waals surface area contributed by atoms with Crippen molar-refractivity contribution in [3.63, 3.8) is 0 Å². The van der Waals surface area contributed by atoms with E-state index >= 15 is 0 Å². The Kier molecular flexibility index (Phi) is 10.3. The van der Waals surface area contributed by atoms with Crippen molar-refractivity contribution in [3.8, 4) is 5.75 Å². The molecule has 2 N–H and O–H groups in total. The number of benzene rings is 1. The number of amides is 1. The van der Waals surface area contributed by atoms with Gasteiger partial charge in [0.25, 0.3) is 0 Å². The summed E-state index contributed by atoms with van der Waals surface area (Å²) in [6, 6.07) is 2.84. The van der Waals surface area contributed by atoms with Gasteiger partial charge in [-0.1, -0.05) is 50.1 Å². The van der Waals surface area contributed by atoms with Crippen molar-refractivity contribution in [1.29, 1.82) is 0 Å². The SMILES string of the molecule is C=CC=c1ccc(C(=O)O)c(OC(F)F)c1=CCCCC1CCCC(C(=O)NC(C)(C)C)CC1. The molecule has 1 amide bonds. The molecule has 0 bridgehead atoms. The quantitative estimate of drug-likeness (QED) is 0.387. The maximum Gasteiger partial charge on any atom is 0.387 e. The summed E-state index contributed by atoms with van der Waals surface area (Å²) < 4.78 is 30.7. The van der Waals surface area contributed by atoms with E-state index < -0.39 is 12.6 Å². The first-order chi connectivity index (χ1) is 16.0. The van der Waals surface area contributed by atoms with Crippen LogP contribution in [0.25, 0.3) is 12.2 Å². The number of carbonyl (C=O) groups is 2. The van der Waals surface area contributed by atoms with Crippen molar-refractivity contribution in [2.45, 2.75) is 84.3 Å². The molecule has 0 aliphatic heterocycles. The number of aromatic carboxylic acids is 1. The Morgan fingerprint density at radius 2 is 1.97 bits per heavy atom. The summed E-state index contributed by atoms with van der Waals surface area (Å²) in [5.41, 5.74) is -0.526. The normalized spacial score (nSPS) is 20.2. The number of carboxylic acid groups (broad SMARTS) is 1. The minimum absolute atomic E-state index is 0.0561. The third-order valence-corrected chi connectivity index (χ3v) is 6.09. The van der Waals surface area contributed by atoms with Crippen molar-refractivity contribution in [1.82, 2.24) is 5.32 Å². The van der Waals surface area contributed by atoms with Gasteiger partial charge >= 0.3 is 12.6 Å². The fraction of sp³-hybridized carbons (Fsp3) is 0.556. The van der Waals surface area contributed by atoms with Crippen LogP contribution in [0.4, 0.5) is 8.78 Å². The summed E-state index contributed by atoms with van der Waals surface area (Å²) in [5, 5.41) is 13.4. The maximum atomic E-state index is 13.0. The molecule has 0 heterocycles. The number of hydrogen-bond acceptors (Lipinski definition) is 3. The zero-order valence-corrected chi connectivity index (χ0v) is 20.4. The predicted molar refractivity (Wildman–Crippen MR) is 130 cm³/mol. The molecule has 0 aromatic heterocycles. The monoisotopic (exact) mass is 477 g/mol. The van der Waals surface area contributed by atoms with Crippen LogP contribution in [-0.4, -0.2) is 29.1 Å². The summed E-state index contributed by atoms with van der Waals surface area (Å²) in [6.45, 7) is 6.49. The van der Waals surface area contributed by atoms with Gasteiger partial charge in [0.15, 0.2) is 0 Å². The van der Waals surface area contributed by atoms with Crippen LogP contribution in [0.1, 0.15) is 82.5 Å². The van der Waals surface area contributed by atoms with Crippen molar-refractivity contribution < 1.29 is 28.2 Å². The first-order valence-electron chi connectivity index (χ1n) is 12.0. The Bertz CT molecular complexity index is 982. The van der Waals surface area contributed by atoms with Crippen molar-refractivity contribution in [3.05, 3.63) is 40.8 Å². The number of carboxylic acids is 1. The maximum absolute atomic E-state index is 13.0. The van der Waals surface area contributed by atoms with Crippen LogP contribution in [-0.2, 0) is 4.79 Å². The van der Waals surface area contributed by atoms with Gasteiger partial charge in [0, 0.05) is 16.7 Å². The summed E-state index contributed by atoms with van der Waals surface area (Å²) >= 11 is 0. The zero-order valence-electron chi connectivity index (χ0n) is 20.4. The molecular weight excluding hydrogens is 440 g/mol. The van der Waals surface area contributed by atoms with E-state index in [0.29, 0.717) is 22.8 Å². The van der Waals surface area contributed by atoms with E-state index in [9.17, 15) is 23.5 Å². The van der Waals surface area contributed by atoms with Gasteiger partial charge in [0.05, 0.1) is 0 Å². The predicted octanol–water partition coefficient (Wildman–Crippen LogP) is 5.01. The number of carbonyl (C=O) groups excluding carboxylic acids is 1. The largest absolute Gasteiger partial charge is 0.478 e. The van der Waals surface area contributed by atoms with Gasteiger partial charge < -0.3 is 15.2 Å². The van der Waals surface area contributed by atoms with E-state index in [1.54, 1.807) is 18.2 Å². The highest BCUT2D eigenvalue weighted by Gasteiger charge is 2.26. The van der Waals surface area contributed by atoms with Gasteiger partial charge in [0.2, 0.25) is 5.91 Å². The Hall–Kier alpha value is -2.70. The number of hydrogen-bond donors (Lipinski definition) is 2. The zero-order chi connectivity index (χ0) is 25.3. The number of alkyl halides is 2. The van der Waals surface area contributed by atoms with E-state index in [1.165, 1.54) is 12.1 Å². The highest BCUT2D eigenvalue weighted by Crippen LogP contribution is 2.31. The minimum atomic E-state index is -3.13. The second-order valence-electron chi connectivity index (χ2n) is 9.98. The highest BCUT2D eigenvalue weighted by molar-refractivity contribution is 5.91. The van der Waals surface area contributed by atoms with Gasteiger partial charge in [-0.2, -0.15) is 8.78 Å². The molecule has 0 radical (unpaired) electrons. The van der Waals surface area contributed by atoms with E-state index in [1.807, 2.05) is 20.8 Å². The molecule has 7 heteroatoms. The Morgan fingerprint density at radius 3 is 2.59 bits per heavy atom. The van der Waals surface area contributed by atoms with Gasteiger partial charge in [0.1, 0.15) is 11.3 Å². The Balaban J connectivity index is 2.08. The third kappa shape index (κ3) is 8.58. The molecule has 188 valence electrons. The Morgan fingerprint density at radius 1 is 1.24 bits per heavy atom. The van der Waals surface area contributed by atoms with Crippen LogP contribution in [0.5, 0.6) is 5.75 Å². The van der Waals surface area contributed by atoms with Crippen molar-refractivity contribution >= 4 is 24.0 Å². The minimum Gasteiger partial charge on any atom is -0.478 e. The third-order valence-electron chi connectivity index (χ3n) is 6.09. The molecule has 2 atom stereocenters. The van der Waals surface area contributed by atoms with Crippen molar-refractivity contribution in [2.24, 2.45) is 11.8 Å². The van der Waals surface area contributed by atoms with Crippen LogP contribution in [0.3, 0.4) is 0 Å². The van der Waals surface area contributed by atoms with Crippen LogP contribution in [0.2, 0.25) is 0 Å². The lowest BCUT2D eigenvalue weighted by Crippen LogP contribution is -2.43. The lowest BCUT2D eigenvalue weighted by Gasteiger charge is -2.24. The molecule has 1 aliphatic rings. The first-order valence-corrected chi connectivity index (χ1v) is 12.0. The topological polar surface area (TPSA) is 75.6 Å². The van der Waals surface area contributed by atoms with Crippen LogP contribution in [0.15, 0.2) is 24.8 Å². The molecule has 34 heavy (non-hydrogen) atoms. The summed E-state index contributed by atoms with van der Waals surface area (Å²) in [6.07, 6.45) is 12.2. The average molecular weight is 478 g/mol. The lowest BCUT2D eigenvalue weighted by molar-refractivity contribution is -0.126. The molecule has 2 rings (SSSR count). The molecular formula is C27H37F2NO4. The molecule has 5 nitrogen and oxygen atoms in total. The van der Waals surface area contributed by atoms with Crippen LogP contribution in [0, 0.1) is 11.8 Å². The number of ether oxygens (including phenoxy) is 1. The van der Waals surface area contributed by atoms with Gasteiger partial charge in [-0.15, -0.1) is 0 Å². The molecule has 1 aromatic rings. The summed E-state index contributed by atoms with van der Waals surface area (Å²) in [4.78, 5) is 24.1. The second kappa shape index (κ2) is 12.7. The number of unbranched alkanes of at least 4 members (excludes halogenated alkanes) is 1. The standard InChI is InChI=1S/C27H37F2NO4/c1-5-9-19-16-17-22(25(32)33)23(34-26(28)29)21(19)13-7-6-10-18-11-8-12-20(15-14-18)24(31)30-27(2,3)4/h5,9,13,16-18,20,26H,1,6-8,10-12,14-15H2,2-4H3,(H,30,31)(H,32,33). The van der Waals surface area contributed by atoms with Gasteiger partial charge in [-0.3, -0.25) is 4.79 Å². The average Bonchev–Trinajstić information content (AvgIpc) is 2.97. The smallest absolute Gasteiger partial charge is 0.387 e. The van der Waals surface area contributed by atoms with E-state index in [4.69, 9.17) is 0 Å². The summed E-state index contributed by atoms with van der Waals surface area (Å²) in [5.74, 6) is -0.931. The number of rotatable bonds is 9. The summed E-state index contributed by atoms with van der Waals surface area (Å²) in [7, 11) is 0. The fourth-order valence-corrected chi connectivity index (χ4v) is 4.54. The second-order valence-corrected chi connectivity index (χ2v) is 9.98. The molecule has 1 aliphatic carbocycles. The number of halogens is 2. The fourth-order valence-electron chi connectivity index (χ4n) is 4.54.